The van der Waals surface area contributed by atoms with Crippen molar-refractivity contribution in [3.05, 3.63) is 82.6 Å². The maximum absolute atomic E-state index is 15.8. The summed E-state index contributed by atoms with van der Waals surface area (Å²) in [5, 5.41) is 10.7. The first-order chi connectivity index (χ1) is 19.5. The summed E-state index contributed by atoms with van der Waals surface area (Å²) >= 11 is 0. The molecule has 1 fully saturated rings. The second-order valence-corrected chi connectivity index (χ2v) is 10.4. The van der Waals surface area contributed by atoms with Gasteiger partial charge in [-0.2, -0.15) is 4.98 Å². The van der Waals surface area contributed by atoms with E-state index in [1.807, 2.05) is 32.6 Å². The van der Waals surface area contributed by atoms with Gasteiger partial charge in [0.2, 0.25) is 5.91 Å². The van der Waals surface area contributed by atoms with Crippen LogP contribution in [0.2, 0.25) is 0 Å². The lowest BCUT2D eigenvalue weighted by atomic mass is 10.0. The SMILES string of the molecule is C.C=CC(=O)N1CCN(c2nc(=O)n(-c3c(C)ccnc3C(C)C)c3nc(-c4c(O)cccc4F)c(F)cc23)C(C)C1. The van der Waals surface area contributed by atoms with E-state index in [2.05, 4.69) is 21.5 Å². The Morgan fingerprint density at radius 2 is 1.90 bits per heavy atom. The van der Waals surface area contributed by atoms with Crippen molar-refractivity contribution in [3.8, 4) is 22.7 Å². The zero-order valence-corrected chi connectivity index (χ0v) is 23.2. The van der Waals surface area contributed by atoms with Gasteiger partial charge in [-0.1, -0.05) is 33.9 Å². The molecule has 0 radical (unpaired) electrons. The van der Waals surface area contributed by atoms with Gasteiger partial charge in [-0.25, -0.2) is 23.1 Å². The first-order valence-electron chi connectivity index (χ1n) is 13.3. The fraction of sp³-hybridized carbons (Fsp3) is 0.323. The summed E-state index contributed by atoms with van der Waals surface area (Å²) in [7, 11) is 0. The average molecular weight is 577 g/mol. The molecule has 1 aliphatic rings. The molecular formula is C31H34F2N6O3. The number of aromatic nitrogens is 4. The molecule has 11 heteroatoms. The molecule has 0 bridgehead atoms. The monoisotopic (exact) mass is 576 g/mol. The van der Waals surface area contributed by atoms with E-state index in [1.165, 1.54) is 22.8 Å². The largest absolute Gasteiger partial charge is 0.507 e. The zero-order valence-electron chi connectivity index (χ0n) is 23.2. The third-order valence-electron chi connectivity index (χ3n) is 7.34. The number of rotatable bonds is 5. The molecule has 1 N–H and O–H groups in total. The average Bonchev–Trinajstić information content (AvgIpc) is 2.93. The van der Waals surface area contributed by atoms with E-state index in [0.717, 1.165) is 12.1 Å². The Kier molecular flexibility index (Phi) is 8.42. The number of aryl methyl sites for hydroxylation is 1. The fourth-order valence-corrected chi connectivity index (χ4v) is 5.33. The van der Waals surface area contributed by atoms with Crippen molar-refractivity contribution in [2.24, 2.45) is 0 Å². The van der Waals surface area contributed by atoms with Crippen molar-refractivity contribution in [1.82, 2.24) is 24.4 Å². The van der Waals surface area contributed by atoms with Crippen LogP contribution in [0.4, 0.5) is 14.6 Å². The number of aromatic hydroxyl groups is 1. The summed E-state index contributed by atoms with van der Waals surface area (Å²) in [6.07, 6.45) is 2.89. The van der Waals surface area contributed by atoms with Gasteiger partial charge in [0.25, 0.3) is 0 Å². The van der Waals surface area contributed by atoms with E-state index in [0.29, 0.717) is 36.6 Å². The number of piperazine rings is 1. The molecule has 42 heavy (non-hydrogen) atoms. The summed E-state index contributed by atoms with van der Waals surface area (Å²) in [4.78, 5) is 43.0. The predicted octanol–water partition coefficient (Wildman–Crippen LogP) is 5.12. The highest BCUT2D eigenvalue weighted by Gasteiger charge is 2.31. The number of hydrogen-bond acceptors (Lipinski definition) is 7. The highest BCUT2D eigenvalue weighted by Crippen LogP contribution is 2.36. The van der Waals surface area contributed by atoms with Crippen LogP contribution in [0.1, 0.15) is 45.4 Å². The Hall–Kier alpha value is -4.67. The second kappa shape index (κ2) is 11.7. The zero-order chi connectivity index (χ0) is 29.6. The van der Waals surface area contributed by atoms with E-state index >= 15 is 4.39 Å². The number of carbonyl (C=O) groups is 1. The van der Waals surface area contributed by atoms with Gasteiger partial charge >= 0.3 is 5.69 Å². The third-order valence-corrected chi connectivity index (χ3v) is 7.34. The Balaban J connectivity index is 0.00000405. The normalized spacial score (nSPS) is 15.2. The summed E-state index contributed by atoms with van der Waals surface area (Å²) in [6, 6.07) is 6.27. The number of benzene rings is 1. The maximum Gasteiger partial charge on any atom is 0.355 e. The van der Waals surface area contributed by atoms with Crippen LogP contribution in [0.15, 0.2) is 54.0 Å². The van der Waals surface area contributed by atoms with Crippen LogP contribution in [0, 0.1) is 18.6 Å². The van der Waals surface area contributed by atoms with Gasteiger partial charge in [0.1, 0.15) is 23.1 Å². The van der Waals surface area contributed by atoms with Gasteiger partial charge in [-0.05, 0) is 55.7 Å². The number of phenols is 1. The lowest BCUT2D eigenvalue weighted by molar-refractivity contribution is -0.126. The maximum atomic E-state index is 15.8. The van der Waals surface area contributed by atoms with Crippen molar-refractivity contribution >= 4 is 22.8 Å². The minimum absolute atomic E-state index is 0. The number of hydrogen-bond donors (Lipinski definition) is 1. The van der Waals surface area contributed by atoms with E-state index in [4.69, 9.17) is 0 Å². The van der Waals surface area contributed by atoms with Crippen LogP contribution in [0.5, 0.6) is 5.75 Å². The highest BCUT2D eigenvalue weighted by atomic mass is 19.1. The van der Waals surface area contributed by atoms with Crippen LogP contribution >= 0.6 is 0 Å². The number of pyridine rings is 2. The smallest absolute Gasteiger partial charge is 0.355 e. The van der Waals surface area contributed by atoms with Crippen molar-refractivity contribution in [2.75, 3.05) is 24.5 Å². The summed E-state index contributed by atoms with van der Waals surface area (Å²) in [6.45, 7) is 12.1. The van der Waals surface area contributed by atoms with Crippen molar-refractivity contribution in [3.63, 3.8) is 0 Å². The number of carbonyl (C=O) groups excluding carboxylic acids is 1. The van der Waals surface area contributed by atoms with Crippen LogP contribution in [0.3, 0.4) is 0 Å². The molecule has 1 aliphatic heterocycles. The topological polar surface area (TPSA) is 104 Å². The van der Waals surface area contributed by atoms with Gasteiger partial charge < -0.3 is 14.9 Å². The minimum atomic E-state index is -0.897. The van der Waals surface area contributed by atoms with Crippen molar-refractivity contribution in [1.29, 1.82) is 0 Å². The second-order valence-electron chi connectivity index (χ2n) is 10.4. The Morgan fingerprint density at radius 1 is 1.17 bits per heavy atom. The van der Waals surface area contributed by atoms with E-state index in [1.54, 1.807) is 17.2 Å². The molecule has 0 saturated carbocycles. The van der Waals surface area contributed by atoms with Gasteiger partial charge in [0.05, 0.1) is 22.3 Å². The molecule has 1 atom stereocenters. The number of amides is 1. The minimum Gasteiger partial charge on any atom is -0.507 e. The molecule has 9 nitrogen and oxygen atoms in total. The summed E-state index contributed by atoms with van der Waals surface area (Å²) < 4.78 is 32.0. The quantitative estimate of drug-likeness (QED) is 0.329. The summed E-state index contributed by atoms with van der Waals surface area (Å²) in [5.41, 5.74) is 0.275. The highest BCUT2D eigenvalue weighted by molar-refractivity contribution is 5.91. The Labute approximate surface area is 242 Å². The molecule has 1 amide bonds. The number of halogens is 2. The molecule has 4 heterocycles. The van der Waals surface area contributed by atoms with E-state index < -0.39 is 34.3 Å². The van der Waals surface area contributed by atoms with E-state index in [-0.39, 0.29) is 42.1 Å². The molecule has 1 saturated heterocycles. The van der Waals surface area contributed by atoms with Crippen LogP contribution in [-0.2, 0) is 4.79 Å². The molecule has 1 aromatic carbocycles. The van der Waals surface area contributed by atoms with E-state index in [9.17, 15) is 19.1 Å². The Morgan fingerprint density at radius 3 is 2.55 bits per heavy atom. The van der Waals surface area contributed by atoms with Gasteiger partial charge in [-0.3, -0.25) is 9.78 Å². The molecular weight excluding hydrogens is 542 g/mol. The van der Waals surface area contributed by atoms with Crippen LogP contribution in [-0.4, -0.2) is 61.1 Å². The number of nitrogens with zero attached hydrogens (tertiary/aromatic N) is 6. The van der Waals surface area contributed by atoms with Crippen molar-refractivity contribution < 1.29 is 18.7 Å². The van der Waals surface area contributed by atoms with Gasteiger partial charge in [0.15, 0.2) is 11.5 Å². The standard InChI is InChI=1S/C30H30F2N6O3.CH4/c1-6-23(40)36-12-13-37(18(5)15-36)28-19-14-21(32)26(24-20(31)8-7-9-22(24)39)34-29(19)38(30(41)35-28)27-17(4)10-11-33-25(27)16(2)3;/h6-11,14,16,18,39H,1,12-13,15H2,2-5H3;1H4. The third kappa shape index (κ3) is 5.10. The molecule has 220 valence electrons. The number of fused-ring (bicyclic) bond motifs is 1. The molecule has 1 unspecified atom stereocenters. The van der Waals surface area contributed by atoms with Crippen LogP contribution < -0.4 is 10.6 Å². The first-order valence-corrected chi connectivity index (χ1v) is 13.3. The summed E-state index contributed by atoms with van der Waals surface area (Å²) in [5.74, 6) is -2.35. The lowest BCUT2D eigenvalue weighted by Gasteiger charge is -2.40. The number of anilines is 1. The molecule has 5 rings (SSSR count). The van der Waals surface area contributed by atoms with Crippen molar-refractivity contribution in [2.45, 2.75) is 47.1 Å². The fourth-order valence-electron chi connectivity index (χ4n) is 5.33. The molecule has 0 spiro atoms. The molecule has 3 aromatic heterocycles. The Bertz CT molecular complexity index is 1730. The molecule has 4 aromatic rings. The van der Waals surface area contributed by atoms with Crippen LogP contribution in [0.25, 0.3) is 28.0 Å². The van der Waals surface area contributed by atoms with Gasteiger partial charge in [-0.15, -0.1) is 0 Å². The predicted molar refractivity (Wildman–Crippen MR) is 159 cm³/mol. The number of phenolic OH excluding ortho intramolecular Hbond substituents is 1. The molecule has 0 aliphatic carbocycles. The van der Waals surface area contributed by atoms with Gasteiger partial charge in [0, 0.05) is 31.9 Å². The lowest BCUT2D eigenvalue weighted by Crippen LogP contribution is -2.54. The first kappa shape index (κ1) is 30.3.